The van der Waals surface area contributed by atoms with Crippen LogP contribution in [-0.2, 0) is 36.8 Å². The topological polar surface area (TPSA) is 194 Å². The first kappa shape index (κ1) is 38.4. The quantitative estimate of drug-likeness (QED) is 0.0678. The van der Waals surface area contributed by atoms with Gasteiger partial charge in [0.2, 0.25) is 17.7 Å². The number of aryl methyl sites for hydroxylation is 1. The van der Waals surface area contributed by atoms with Crippen LogP contribution in [0.4, 0.5) is 0 Å². The van der Waals surface area contributed by atoms with Crippen LogP contribution in [0.1, 0.15) is 50.2 Å². The van der Waals surface area contributed by atoms with Crippen LogP contribution >= 0.6 is 0 Å². The third kappa shape index (κ3) is 8.97. The number of benzene rings is 4. The summed E-state index contributed by atoms with van der Waals surface area (Å²) < 4.78 is 17.5. The molecule has 0 aromatic heterocycles. The van der Waals surface area contributed by atoms with Crippen LogP contribution in [-0.4, -0.2) is 75.7 Å². The number of rotatable bonds is 8. The number of amides is 3. The van der Waals surface area contributed by atoms with E-state index in [4.69, 9.17) is 25.4 Å². The van der Waals surface area contributed by atoms with E-state index in [-0.39, 0.29) is 25.3 Å². The number of methoxy groups -OCH3 is 3. The fourth-order valence-electron chi connectivity index (χ4n) is 7.15. The lowest BCUT2D eigenvalue weighted by Gasteiger charge is -2.26. The lowest BCUT2D eigenvalue weighted by molar-refractivity contribution is -0.145. The standard InChI is InChI=1S/C40H48N6O7/c1-23(47)44-32-22-27-21-25-13-6-9-16-29(25)34(36(27)52-3)33-28-15-8-5-12-24(28)20-26(35(33)51-2)14-7-10-17-31(39(50)53-4)46-37(48)30(45-38(32)49)18-11-19-43-40(41)42/h5-6,8-9,12-13,15-16,20-21,30-32H,7,10-11,14,17-19,22H2,1-4H3,(H,44,47)(H,45,49)(H,46,48)(H4,41,42,43)/t30-,31+,32?/m1/s1. The Bertz CT molecular complexity index is 2020. The molecule has 280 valence electrons. The van der Waals surface area contributed by atoms with Crippen LogP contribution in [0.2, 0.25) is 0 Å². The zero-order chi connectivity index (χ0) is 38.1. The van der Waals surface area contributed by atoms with Crippen LogP contribution in [0.5, 0.6) is 11.5 Å². The van der Waals surface area contributed by atoms with E-state index in [1.807, 2.05) is 48.5 Å². The molecule has 0 fully saturated rings. The van der Waals surface area contributed by atoms with E-state index < -0.39 is 41.8 Å². The number of nitrogens with one attached hydrogen (secondary N) is 5. The van der Waals surface area contributed by atoms with Crippen molar-refractivity contribution < 1.29 is 33.4 Å². The summed E-state index contributed by atoms with van der Waals surface area (Å²) in [4.78, 5) is 53.5. The minimum atomic E-state index is -1.11. The Morgan fingerprint density at radius 3 is 2.06 bits per heavy atom. The van der Waals surface area contributed by atoms with Gasteiger partial charge in [-0.1, -0.05) is 55.0 Å². The van der Waals surface area contributed by atoms with E-state index in [0.29, 0.717) is 49.2 Å². The molecule has 4 aromatic carbocycles. The van der Waals surface area contributed by atoms with Crippen LogP contribution in [0, 0.1) is 5.41 Å². The Kier molecular flexibility index (Phi) is 12.7. The second-order valence-corrected chi connectivity index (χ2v) is 13.2. The maximum atomic E-state index is 14.2. The molecule has 1 aliphatic heterocycles. The maximum Gasteiger partial charge on any atom is 0.328 e. The second-order valence-electron chi connectivity index (χ2n) is 13.2. The van der Waals surface area contributed by atoms with Crippen molar-refractivity contribution in [3.8, 4) is 22.6 Å². The number of carbonyl (C=O) groups excluding carboxylic acids is 4. The number of nitrogens with two attached hydrogens (primary N) is 1. The number of esters is 1. The average Bonchev–Trinajstić information content (AvgIpc) is 3.14. The molecule has 0 saturated heterocycles. The molecular formula is C40H48N6O7. The summed E-state index contributed by atoms with van der Waals surface area (Å²) in [6.07, 6.45) is 2.70. The largest absolute Gasteiger partial charge is 0.496 e. The van der Waals surface area contributed by atoms with Gasteiger partial charge in [0.1, 0.15) is 29.6 Å². The normalized spacial score (nSPS) is 18.2. The summed E-state index contributed by atoms with van der Waals surface area (Å²) in [5.74, 6) is -1.23. The Labute approximate surface area is 308 Å². The molecular weight excluding hydrogens is 676 g/mol. The first-order valence-electron chi connectivity index (χ1n) is 17.8. The van der Waals surface area contributed by atoms with Gasteiger partial charge in [0.05, 0.1) is 21.3 Å². The minimum Gasteiger partial charge on any atom is -0.496 e. The Hall–Kier alpha value is -5.85. The van der Waals surface area contributed by atoms with Gasteiger partial charge in [0.25, 0.3) is 0 Å². The monoisotopic (exact) mass is 724 g/mol. The van der Waals surface area contributed by atoms with Gasteiger partial charge >= 0.3 is 5.97 Å². The molecule has 3 atom stereocenters. The highest BCUT2D eigenvalue weighted by Gasteiger charge is 2.32. The summed E-state index contributed by atoms with van der Waals surface area (Å²) in [6, 6.07) is 16.9. The van der Waals surface area contributed by atoms with Gasteiger partial charge in [0, 0.05) is 31.0 Å². The molecule has 53 heavy (non-hydrogen) atoms. The smallest absolute Gasteiger partial charge is 0.328 e. The fourth-order valence-corrected chi connectivity index (χ4v) is 7.15. The number of fused-ring (bicyclic) bond motifs is 9. The van der Waals surface area contributed by atoms with Crippen LogP contribution in [0.15, 0.2) is 60.7 Å². The second kappa shape index (κ2) is 17.6. The number of hydrogen-bond donors (Lipinski definition) is 6. The summed E-state index contributed by atoms with van der Waals surface area (Å²) in [6.45, 7) is 1.60. The van der Waals surface area contributed by atoms with Crippen LogP contribution in [0.25, 0.3) is 32.7 Å². The first-order valence-corrected chi connectivity index (χ1v) is 17.8. The van der Waals surface area contributed by atoms with Gasteiger partial charge < -0.3 is 41.2 Å². The van der Waals surface area contributed by atoms with E-state index in [9.17, 15) is 19.2 Å². The molecule has 13 nitrogen and oxygen atoms in total. The van der Waals surface area contributed by atoms with Gasteiger partial charge in [-0.3, -0.25) is 19.8 Å². The fraction of sp³-hybridized carbons (Fsp3) is 0.375. The maximum absolute atomic E-state index is 14.2. The van der Waals surface area contributed by atoms with E-state index in [1.54, 1.807) is 14.2 Å². The lowest BCUT2D eigenvalue weighted by Crippen LogP contribution is -2.56. The van der Waals surface area contributed by atoms with E-state index in [2.05, 4.69) is 33.4 Å². The summed E-state index contributed by atoms with van der Waals surface area (Å²) in [7, 11) is 4.50. The molecule has 7 N–H and O–H groups in total. The predicted molar refractivity (Wildman–Crippen MR) is 204 cm³/mol. The van der Waals surface area contributed by atoms with Gasteiger partial charge in [0.15, 0.2) is 5.96 Å². The van der Waals surface area contributed by atoms with Gasteiger partial charge in [-0.25, -0.2) is 4.79 Å². The van der Waals surface area contributed by atoms with Crippen LogP contribution in [0.3, 0.4) is 0 Å². The minimum absolute atomic E-state index is 0.0252. The highest BCUT2D eigenvalue weighted by Crippen LogP contribution is 2.48. The molecule has 4 aromatic rings. The third-order valence-electron chi connectivity index (χ3n) is 9.54. The average molecular weight is 725 g/mol. The third-order valence-corrected chi connectivity index (χ3v) is 9.54. The van der Waals surface area contributed by atoms with Crippen molar-refractivity contribution in [3.05, 3.63) is 71.8 Å². The first-order chi connectivity index (χ1) is 25.6. The van der Waals surface area contributed by atoms with Gasteiger partial charge in [-0.15, -0.1) is 0 Å². The van der Waals surface area contributed by atoms with Crippen molar-refractivity contribution in [3.63, 3.8) is 0 Å². The number of hydrogen-bond acceptors (Lipinski definition) is 8. The molecule has 1 aliphatic rings. The van der Waals surface area contributed by atoms with Gasteiger partial charge in [-0.2, -0.15) is 0 Å². The van der Waals surface area contributed by atoms with E-state index >= 15 is 0 Å². The molecule has 5 rings (SSSR count). The van der Waals surface area contributed by atoms with E-state index in [0.717, 1.165) is 38.2 Å². The molecule has 1 heterocycles. The van der Waals surface area contributed by atoms with Crippen LogP contribution < -0.4 is 36.5 Å². The zero-order valence-corrected chi connectivity index (χ0v) is 30.6. The number of ether oxygens (including phenoxy) is 3. The van der Waals surface area contributed by atoms with Crippen molar-refractivity contribution in [1.29, 1.82) is 5.41 Å². The zero-order valence-electron chi connectivity index (χ0n) is 30.6. The van der Waals surface area contributed by atoms with Crippen molar-refractivity contribution in [1.82, 2.24) is 21.3 Å². The van der Waals surface area contributed by atoms with Crippen molar-refractivity contribution in [2.45, 2.75) is 70.0 Å². The predicted octanol–water partition coefficient (Wildman–Crippen LogP) is 3.86. The summed E-state index contributed by atoms with van der Waals surface area (Å²) >= 11 is 0. The van der Waals surface area contributed by atoms with Crippen molar-refractivity contribution in [2.75, 3.05) is 27.9 Å². The summed E-state index contributed by atoms with van der Waals surface area (Å²) in [5.41, 5.74) is 8.70. The molecule has 0 aliphatic carbocycles. The highest BCUT2D eigenvalue weighted by atomic mass is 16.5. The van der Waals surface area contributed by atoms with E-state index in [1.165, 1.54) is 14.0 Å². The molecule has 4 bridgehead atoms. The molecule has 0 radical (unpaired) electrons. The van der Waals surface area contributed by atoms with Crippen molar-refractivity contribution >= 4 is 51.2 Å². The molecule has 13 heteroatoms. The molecule has 3 amide bonds. The van der Waals surface area contributed by atoms with Gasteiger partial charge in [-0.05, 0) is 76.9 Å². The number of guanidine groups is 1. The lowest BCUT2D eigenvalue weighted by atomic mass is 9.86. The summed E-state index contributed by atoms with van der Waals surface area (Å²) in [5, 5.41) is 22.3. The number of carbonyl (C=O) groups is 4. The SMILES string of the molecule is COC(=O)[C@@H]1CCCCc2cc3ccccc3c(c2OC)-c2c(OC)c(cc3ccccc23)CC(NC(C)=O)C(=O)N[C@H](CCCNC(=N)N)C(=O)N1. The molecule has 0 spiro atoms. The Morgan fingerprint density at radius 1 is 0.868 bits per heavy atom. The van der Waals surface area contributed by atoms with Crippen molar-refractivity contribution in [2.24, 2.45) is 5.73 Å². The molecule has 0 saturated carbocycles. The highest BCUT2D eigenvalue weighted by molar-refractivity contribution is 6.11. The Morgan fingerprint density at radius 2 is 1.47 bits per heavy atom. The molecule has 1 unspecified atom stereocenters. The Balaban J connectivity index is 1.72.